The Hall–Kier alpha value is -0.570. The van der Waals surface area contributed by atoms with Crippen molar-refractivity contribution in [1.82, 2.24) is 0 Å². The van der Waals surface area contributed by atoms with Gasteiger partial charge in [-0.3, -0.25) is 0 Å². The topological polar surface area (TPSA) is 57.5 Å². The molecule has 3 nitrogen and oxygen atoms in total. The third-order valence-electron chi connectivity index (χ3n) is 1.90. The van der Waals surface area contributed by atoms with Crippen LogP contribution in [-0.2, 0) is 4.79 Å². The molecule has 0 aliphatic rings. The van der Waals surface area contributed by atoms with E-state index < -0.39 is 11.6 Å². The van der Waals surface area contributed by atoms with Gasteiger partial charge < -0.3 is 10.2 Å². The van der Waals surface area contributed by atoms with Crippen LogP contribution in [0.5, 0.6) is 0 Å². The Morgan fingerprint density at radius 2 is 2.09 bits per heavy atom. The van der Waals surface area contributed by atoms with E-state index in [0.717, 1.165) is 6.42 Å². The number of hydrogen-bond acceptors (Lipinski definition) is 2. The van der Waals surface area contributed by atoms with Crippen molar-refractivity contribution in [3.05, 3.63) is 0 Å². The van der Waals surface area contributed by atoms with E-state index >= 15 is 0 Å². The Morgan fingerprint density at radius 1 is 1.64 bits per heavy atom. The largest absolute Gasteiger partial charge is 0.479 e. The molecule has 2 atom stereocenters. The lowest BCUT2D eigenvalue weighted by Crippen LogP contribution is -2.36. The van der Waals surface area contributed by atoms with Crippen molar-refractivity contribution >= 4 is 5.97 Å². The molecule has 0 saturated heterocycles. The van der Waals surface area contributed by atoms with Crippen LogP contribution in [0.15, 0.2) is 0 Å². The lowest BCUT2D eigenvalue weighted by molar-refractivity contribution is -0.158. The molecule has 0 spiro atoms. The normalized spacial score (nSPS) is 18.9. The van der Waals surface area contributed by atoms with Crippen LogP contribution in [0.1, 0.15) is 33.6 Å². The van der Waals surface area contributed by atoms with Gasteiger partial charge in [0, 0.05) is 0 Å². The Bertz CT molecular complexity index is 140. The predicted octanol–water partition coefficient (Wildman–Crippen LogP) is 1.26. The van der Waals surface area contributed by atoms with E-state index in [2.05, 4.69) is 0 Å². The lowest BCUT2D eigenvalue weighted by atomic mass is 9.92. The van der Waals surface area contributed by atoms with Gasteiger partial charge >= 0.3 is 5.97 Å². The van der Waals surface area contributed by atoms with E-state index in [1.807, 2.05) is 13.8 Å². The molecule has 11 heavy (non-hydrogen) atoms. The number of aliphatic carboxylic acids is 1. The molecule has 0 bridgehead atoms. The standard InChI is InChI=1S/C8H16O3/c1-4-6(2)5-8(3,11)7(9)10/h6,11H,4-5H2,1-3H3,(H,9,10). The molecule has 0 fully saturated rings. The van der Waals surface area contributed by atoms with Crippen LogP contribution in [0.3, 0.4) is 0 Å². The molecule has 0 rings (SSSR count). The molecule has 66 valence electrons. The molecule has 0 radical (unpaired) electrons. The first-order valence-corrected chi connectivity index (χ1v) is 3.86. The molecule has 2 N–H and O–H groups in total. The summed E-state index contributed by atoms with van der Waals surface area (Å²) < 4.78 is 0. The maximum Gasteiger partial charge on any atom is 0.335 e. The van der Waals surface area contributed by atoms with Gasteiger partial charge in [0.25, 0.3) is 0 Å². The highest BCUT2D eigenvalue weighted by Gasteiger charge is 2.30. The van der Waals surface area contributed by atoms with Crippen LogP contribution < -0.4 is 0 Å². The van der Waals surface area contributed by atoms with Crippen molar-refractivity contribution in [3.8, 4) is 0 Å². The van der Waals surface area contributed by atoms with E-state index in [4.69, 9.17) is 5.11 Å². The molecule has 2 unspecified atom stereocenters. The van der Waals surface area contributed by atoms with Crippen molar-refractivity contribution in [1.29, 1.82) is 0 Å². The lowest BCUT2D eigenvalue weighted by Gasteiger charge is -2.21. The van der Waals surface area contributed by atoms with Gasteiger partial charge in [0.1, 0.15) is 0 Å². The van der Waals surface area contributed by atoms with E-state index in [1.54, 1.807) is 0 Å². The Balaban J connectivity index is 4.01. The van der Waals surface area contributed by atoms with Crippen molar-refractivity contribution in [2.45, 2.75) is 39.2 Å². The third-order valence-corrected chi connectivity index (χ3v) is 1.90. The number of aliphatic hydroxyl groups is 1. The Kier molecular flexibility index (Phi) is 3.52. The average molecular weight is 160 g/mol. The molecule has 0 amide bonds. The van der Waals surface area contributed by atoms with Gasteiger partial charge in [-0.25, -0.2) is 4.79 Å². The van der Waals surface area contributed by atoms with E-state index in [0.29, 0.717) is 6.42 Å². The summed E-state index contributed by atoms with van der Waals surface area (Å²) in [5, 5.41) is 17.8. The summed E-state index contributed by atoms with van der Waals surface area (Å²) >= 11 is 0. The van der Waals surface area contributed by atoms with Crippen molar-refractivity contribution in [2.75, 3.05) is 0 Å². The molecular formula is C8H16O3. The zero-order chi connectivity index (χ0) is 9.07. The molecule has 0 aromatic carbocycles. The minimum absolute atomic E-state index is 0.251. The minimum atomic E-state index is -1.56. The number of rotatable bonds is 4. The summed E-state index contributed by atoms with van der Waals surface area (Å²) in [6, 6.07) is 0. The van der Waals surface area contributed by atoms with Gasteiger partial charge in [-0.15, -0.1) is 0 Å². The minimum Gasteiger partial charge on any atom is -0.479 e. The Labute approximate surface area is 67.0 Å². The second-order valence-corrected chi connectivity index (χ2v) is 3.30. The molecule has 0 heterocycles. The zero-order valence-electron chi connectivity index (χ0n) is 7.29. The van der Waals surface area contributed by atoms with Gasteiger partial charge in [0.2, 0.25) is 0 Å². The SMILES string of the molecule is CCC(C)CC(C)(O)C(=O)O. The maximum absolute atomic E-state index is 10.4. The second kappa shape index (κ2) is 3.72. The molecule has 3 heteroatoms. The highest BCUT2D eigenvalue weighted by molar-refractivity contribution is 5.76. The first-order chi connectivity index (χ1) is 4.90. The van der Waals surface area contributed by atoms with Crippen LogP contribution >= 0.6 is 0 Å². The zero-order valence-corrected chi connectivity index (χ0v) is 7.29. The average Bonchev–Trinajstić information content (AvgIpc) is 1.86. The van der Waals surface area contributed by atoms with Crippen LogP contribution in [-0.4, -0.2) is 21.8 Å². The highest BCUT2D eigenvalue weighted by Crippen LogP contribution is 2.18. The van der Waals surface area contributed by atoms with Crippen LogP contribution in [0, 0.1) is 5.92 Å². The maximum atomic E-state index is 10.4. The fourth-order valence-corrected chi connectivity index (χ4v) is 0.910. The summed E-state index contributed by atoms with van der Waals surface area (Å²) in [5.74, 6) is -0.890. The summed E-state index contributed by atoms with van der Waals surface area (Å²) in [4.78, 5) is 10.4. The van der Waals surface area contributed by atoms with Crippen molar-refractivity contribution in [3.63, 3.8) is 0 Å². The molecular weight excluding hydrogens is 144 g/mol. The highest BCUT2D eigenvalue weighted by atomic mass is 16.4. The molecule has 0 aliphatic heterocycles. The summed E-state index contributed by atoms with van der Waals surface area (Å²) in [5.41, 5.74) is -1.56. The van der Waals surface area contributed by atoms with Gasteiger partial charge in [0.05, 0.1) is 0 Å². The Morgan fingerprint density at radius 3 is 2.36 bits per heavy atom. The molecule has 0 saturated carbocycles. The van der Waals surface area contributed by atoms with E-state index in [1.165, 1.54) is 6.92 Å². The van der Waals surface area contributed by atoms with Crippen LogP contribution in [0.2, 0.25) is 0 Å². The summed E-state index contributed by atoms with van der Waals surface area (Å²) in [6.45, 7) is 5.24. The first-order valence-electron chi connectivity index (χ1n) is 3.86. The third kappa shape index (κ3) is 3.37. The molecule has 0 aromatic rings. The predicted molar refractivity (Wildman–Crippen MR) is 42.3 cm³/mol. The van der Waals surface area contributed by atoms with Gasteiger partial charge in [-0.05, 0) is 19.3 Å². The fourth-order valence-electron chi connectivity index (χ4n) is 0.910. The summed E-state index contributed by atoms with van der Waals surface area (Å²) in [7, 11) is 0. The number of carboxylic acids is 1. The van der Waals surface area contributed by atoms with Gasteiger partial charge in [-0.2, -0.15) is 0 Å². The van der Waals surface area contributed by atoms with Gasteiger partial charge in [-0.1, -0.05) is 20.3 Å². The fraction of sp³-hybridized carbons (Fsp3) is 0.875. The number of carboxylic acid groups (broad SMARTS) is 1. The summed E-state index contributed by atoms with van der Waals surface area (Å²) in [6.07, 6.45) is 1.21. The number of carbonyl (C=O) groups is 1. The van der Waals surface area contributed by atoms with E-state index in [-0.39, 0.29) is 5.92 Å². The van der Waals surface area contributed by atoms with Crippen molar-refractivity contribution in [2.24, 2.45) is 5.92 Å². The van der Waals surface area contributed by atoms with E-state index in [9.17, 15) is 9.90 Å². The second-order valence-electron chi connectivity index (χ2n) is 3.30. The van der Waals surface area contributed by atoms with Gasteiger partial charge in [0.15, 0.2) is 5.60 Å². The monoisotopic (exact) mass is 160 g/mol. The molecule has 0 aromatic heterocycles. The number of hydrogen-bond donors (Lipinski definition) is 2. The molecule has 0 aliphatic carbocycles. The smallest absolute Gasteiger partial charge is 0.335 e. The van der Waals surface area contributed by atoms with Crippen LogP contribution in [0.25, 0.3) is 0 Å². The first kappa shape index (κ1) is 10.4. The van der Waals surface area contributed by atoms with Crippen LogP contribution in [0.4, 0.5) is 0 Å². The van der Waals surface area contributed by atoms with Crippen molar-refractivity contribution < 1.29 is 15.0 Å². The quantitative estimate of drug-likeness (QED) is 0.651.